The Labute approximate surface area is 129 Å². The number of aryl methyl sites for hydroxylation is 3. The first kappa shape index (κ1) is 12.7. The Hall–Kier alpha value is -2.06. The maximum absolute atomic E-state index is 6.10. The highest BCUT2D eigenvalue weighted by atomic mass is 35.5. The Balaban J connectivity index is 1.85. The van der Waals surface area contributed by atoms with Crippen molar-refractivity contribution < 1.29 is 0 Å². The molecular formula is C18H15ClN2. The van der Waals surface area contributed by atoms with Crippen LogP contribution in [0.15, 0.2) is 48.7 Å². The van der Waals surface area contributed by atoms with Gasteiger partial charge in [0.05, 0.1) is 11.4 Å². The van der Waals surface area contributed by atoms with Crippen molar-refractivity contribution in [1.82, 2.24) is 9.78 Å². The molecule has 0 unspecified atom stereocenters. The predicted molar refractivity (Wildman–Crippen MR) is 86.2 cm³/mol. The third-order valence-corrected chi connectivity index (χ3v) is 4.28. The number of nitrogens with zero attached hydrogens (tertiary/aromatic N) is 2. The quantitative estimate of drug-likeness (QED) is 0.641. The molecule has 1 aromatic heterocycles. The standard InChI is InChI=1S/C18H15ClN2/c1-12-3-2-4-16(9-12)21-11-14-6-5-13-10-15(19)7-8-17(13)18(14)20-21/h2-4,7-11H,5-6H2,1H3. The molecule has 1 heterocycles. The van der Waals surface area contributed by atoms with E-state index in [1.807, 2.05) is 10.7 Å². The topological polar surface area (TPSA) is 17.8 Å². The molecule has 0 bridgehead atoms. The third-order valence-electron chi connectivity index (χ3n) is 4.04. The lowest BCUT2D eigenvalue weighted by Crippen LogP contribution is -2.02. The van der Waals surface area contributed by atoms with Crippen LogP contribution in [0.3, 0.4) is 0 Å². The monoisotopic (exact) mass is 294 g/mol. The van der Waals surface area contributed by atoms with Crippen LogP contribution < -0.4 is 0 Å². The number of rotatable bonds is 1. The molecule has 1 aliphatic rings. The van der Waals surface area contributed by atoms with Crippen molar-refractivity contribution in [3.63, 3.8) is 0 Å². The molecule has 3 aromatic rings. The molecule has 0 spiro atoms. The largest absolute Gasteiger partial charge is 0.240 e. The summed E-state index contributed by atoms with van der Waals surface area (Å²) < 4.78 is 1.99. The smallest absolute Gasteiger partial charge is 0.0962 e. The molecule has 0 saturated heterocycles. The van der Waals surface area contributed by atoms with Gasteiger partial charge in [-0.25, -0.2) is 4.68 Å². The summed E-state index contributed by atoms with van der Waals surface area (Å²) in [6.07, 6.45) is 4.21. The van der Waals surface area contributed by atoms with Gasteiger partial charge in [0, 0.05) is 16.8 Å². The molecule has 0 atom stereocenters. The third kappa shape index (κ3) is 2.16. The summed E-state index contributed by atoms with van der Waals surface area (Å²) in [5, 5.41) is 5.61. The number of hydrogen-bond donors (Lipinski definition) is 0. The van der Waals surface area contributed by atoms with E-state index in [9.17, 15) is 0 Å². The van der Waals surface area contributed by atoms with Crippen LogP contribution in [0.2, 0.25) is 5.02 Å². The minimum Gasteiger partial charge on any atom is -0.240 e. The maximum atomic E-state index is 6.10. The molecule has 2 aromatic carbocycles. The molecule has 2 nitrogen and oxygen atoms in total. The molecule has 104 valence electrons. The van der Waals surface area contributed by atoms with E-state index in [0.717, 1.165) is 29.2 Å². The van der Waals surface area contributed by atoms with Crippen molar-refractivity contribution >= 4 is 11.6 Å². The molecule has 0 N–H and O–H groups in total. The lowest BCUT2D eigenvalue weighted by molar-refractivity contribution is 0.882. The molecule has 1 aliphatic carbocycles. The van der Waals surface area contributed by atoms with Gasteiger partial charge in [0.2, 0.25) is 0 Å². The molecule has 21 heavy (non-hydrogen) atoms. The summed E-state index contributed by atoms with van der Waals surface area (Å²) in [4.78, 5) is 0. The van der Waals surface area contributed by atoms with Gasteiger partial charge in [0.25, 0.3) is 0 Å². The average molecular weight is 295 g/mol. The van der Waals surface area contributed by atoms with Crippen LogP contribution in [-0.4, -0.2) is 9.78 Å². The normalized spacial score (nSPS) is 12.9. The minimum atomic E-state index is 0.801. The molecule has 0 amide bonds. The van der Waals surface area contributed by atoms with Crippen molar-refractivity contribution in [2.24, 2.45) is 0 Å². The number of hydrogen-bond acceptors (Lipinski definition) is 1. The van der Waals surface area contributed by atoms with Crippen molar-refractivity contribution in [2.45, 2.75) is 19.8 Å². The van der Waals surface area contributed by atoms with E-state index in [2.05, 4.69) is 49.5 Å². The predicted octanol–water partition coefficient (Wildman–Crippen LogP) is 4.60. The summed E-state index contributed by atoms with van der Waals surface area (Å²) in [6.45, 7) is 2.10. The first-order chi connectivity index (χ1) is 10.2. The Kier molecular flexibility index (Phi) is 2.86. The van der Waals surface area contributed by atoms with Gasteiger partial charge >= 0.3 is 0 Å². The number of halogens is 1. The van der Waals surface area contributed by atoms with E-state index in [4.69, 9.17) is 16.7 Å². The maximum Gasteiger partial charge on any atom is 0.0962 e. The van der Waals surface area contributed by atoms with E-state index >= 15 is 0 Å². The van der Waals surface area contributed by atoms with Crippen molar-refractivity contribution in [3.05, 3.63) is 70.4 Å². The van der Waals surface area contributed by atoms with Gasteiger partial charge in [-0.1, -0.05) is 29.8 Å². The van der Waals surface area contributed by atoms with E-state index in [1.54, 1.807) is 0 Å². The zero-order valence-electron chi connectivity index (χ0n) is 11.8. The van der Waals surface area contributed by atoms with Crippen molar-refractivity contribution in [3.8, 4) is 16.9 Å². The molecule has 3 heteroatoms. The van der Waals surface area contributed by atoms with Gasteiger partial charge in [-0.15, -0.1) is 0 Å². The Morgan fingerprint density at radius 3 is 2.76 bits per heavy atom. The molecule has 0 radical (unpaired) electrons. The summed E-state index contributed by atoms with van der Waals surface area (Å²) in [7, 11) is 0. The van der Waals surface area contributed by atoms with Crippen LogP contribution in [0.4, 0.5) is 0 Å². The Morgan fingerprint density at radius 2 is 1.90 bits per heavy atom. The van der Waals surface area contributed by atoms with Crippen molar-refractivity contribution in [2.75, 3.05) is 0 Å². The molecule has 0 aliphatic heterocycles. The second-order valence-electron chi connectivity index (χ2n) is 5.59. The van der Waals surface area contributed by atoms with Gasteiger partial charge in [-0.2, -0.15) is 5.10 Å². The minimum absolute atomic E-state index is 0.801. The zero-order chi connectivity index (χ0) is 14.4. The van der Waals surface area contributed by atoms with Crippen LogP contribution in [0.5, 0.6) is 0 Å². The van der Waals surface area contributed by atoms with Crippen LogP contribution in [0.25, 0.3) is 16.9 Å². The van der Waals surface area contributed by atoms with Gasteiger partial charge < -0.3 is 0 Å². The first-order valence-electron chi connectivity index (χ1n) is 7.15. The van der Waals surface area contributed by atoms with Gasteiger partial charge in [-0.05, 0) is 60.7 Å². The highest BCUT2D eigenvalue weighted by Gasteiger charge is 2.20. The van der Waals surface area contributed by atoms with E-state index in [1.165, 1.54) is 22.3 Å². The van der Waals surface area contributed by atoms with Gasteiger partial charge in [0.15, 0.2) is 0 Å². The summed E-state index contributed by atoms with van der Waals surface area (Å²) in [5.41, 5.74) is 7.27. The van der Waals surface area contributed by atoms with Crippen LogP contribution in [0.1, 0.15) is 16.7 Å². The molecule has 0 fully saturated rings. The van der Waals surface area contributed by atoms with Crippen LogP contribution >= 0.6 is 11.6 Å². The number of benzene rings is 2. The Bertz CT molecular complexity index is 833. The molecule has 0 saturated carbocycles. The summed E-state index contributed by atoms with van der Waals surface area (Å²) in [6, 6.07) is 14.5. The van der Waals surface area contributed by atoms with E-state index in [0.29, 0.717) is 0 Å². The first-order valence-corrected chi connectivity index (χ1v) is 7.53. The van der Waals surface area contributed by atoms with E-state index in [-0.39, 0.29) is 0 Å². The lowest BCUT2D eigenvalue weighted by Gasteiger charge is -2.14. The van der Waals surface area contributed by atoms with Crippen LogP contribution in [0, 0.1) is 6.92 Å². The number of aromatic nitrogens is 2. The summed E-state index contributed by atoms with van der Waals surface area (Å²) >= 11 is 6.10. The fourth-order valence-electron chi connectivity index (χ4n) is 2.99. The molecular weight excluding hydrogens is 280 g/mol. The Morgan fingerprint density at radius 1 is 1.05 bits per heavy atom. The van der Waals surface area contributed by atoms with Crippen molar-refractivity contribution in [1.29, 1.82) is 0 Å². The fraction of sp³-hybridized carbons (Fsp3) is 0.167. The second-order valence-corrected chi connectivity index (χ2v) is 6.02. The summed E-state index contributed by atoms with van der Waals surface area (Å²) in [5.74, 6) is 0. The number of fused-ring (bicyclic) bond motifs is 3. The van der Waals surface area contributed by atoms with Crippen LogP contribution in [-0.2, 0) is 12.8 Å². The van der Waals surface area contributed by atoms with Gasteiger partial charge in [0.1, 0.15) is 0 Å². The fourth-order valence-corrected chi connectivity index (χ4v) is 3.19. The van der Waals surface area contributed by atoms with E-state index < -0.39 is 0 Å². The lowest BCUT2D eigenvalue weighted by atomic mass is 9.91. The average Bonchev–Trinajstić information content (AvgIpc) is 2.91. The molecule has 4 rings (SSSR count). The van der Waals surface area contributed by atoms with Gasteiger partial charge in [-0.3, -0.25) is 0 Å². The SMILES string of the molecule is Cc1cccc(-n2cc3c(n2)-c2ccc(Cl)cc2CC3)c1. The highest BCUT2D eigenvalue weighted by molar-refractivity contribution is 6.30. The zero-order valence-corrected chi connectivity index (χ0v) is 12.6. The highest BCUT2D eigenvalue weighted by Crippen LogP contribution is 2.34. The second kappa shape index (κ2) is 4.74.